The molecule has 1 atom stereocenters. The van der Waals surface area contributed by atoms with Crippen molar-refractivity contribution in [2.24, 2.45) is 0 Å². The molecule has 4 nitrogen and oxygen atoms in total. The molecule has 0 aliphatic heterocycles. The zero-order valence-electron chi connectivity index (χ0n) is 15.7. The number of nitrogens with one attached hydrogen (secondary N) is 1. The van der Waals surface area contributed by atoms with Gasteiger partial charge in [-0.15, -0.1) is 0 Å². The highest BCUT2D eigenvalue weighted by Crippen LogP contribution is 2.24. The van der Waals surface area contributed by atoms with E-state index in [2.05, 4.69) is 10.3 Å². The summed E-state index contributed by atoms with van der Waals surface area (Å²) >= 11 is 0. The molecule has 0 aliphatic rings. The van der Waals surface area contributed by atoms with Crippen molar-refractivity contribution in [1.82, 2.24) is 10.3 Å². The monoisotopic (exact) mass is 376 g/mol. The number of halogens is 1. The number of rotatable bonds is 6. The SMILES string of the molecule is Cc1ccc(Oc2cccc([C@@H](C)NC(=O)C=Cc3ccc(F)cc3)c2)cn1. The molecule has 5 heteroatoms. The van der Waals surface area contributed by atoms with Crippen LogP contribution >= 0.6 is 0 Å². The Kier molecular flexibility index (Phi) is 6.17. The summed E-state index contributed by atoms with van der Waals surface area (Å²) in [6.45, 7) is 3.81. The summed E-state index contributed by atoms with van der Waals surface area (Å²) < 4.78 is 18.7. The van der Waals surface area contributed by atoms with Gasteiger partial charge in [-0.2, -0.15) is 0 Å². The first-order valence-electron chi connectivity index (χ1n) is 8.94. The number of ether oxygens (including phenoxy) is 1. The number of amides is 1. The van der Waals surface area contributed by atoms with Crippen molar-refractivity contribution in [3.05, 3.63) is 95.6 Å². The van der Waals surface area contributed by atoms with Gasteiger partial charge in [-0.25, -0.2) is 4.39 Å². The molecule has 0 aliphatic carbocycles. The Morgan fingerprint density at radius 3 is 2.61 bits per heavy atom. The standard InChI is InChI=1S/C23H21FN2O2/c1-16-6-12-22(15-25-16)28-21-5-3-4-19(14-21)17(2)26-23(27)13-9-18-7-10-20(24)11-8-18/h3-15,17H,1-2H3,(H,26,27)/t17-/m1/s1. The minimum Gasteiger partial charge on any atom is -0.456 e. The van der Waals surface area contributed by atoms with Gasteiger partial charge in [0.15, 0.2) is 0 Å². The first-order chi connectivity index (χ1) is 13.5. The third-order valence-electron chi connectivity index (χ3n) is 4.13. The van der Waals surface area contributed by atoms with E-state index in [0.717, 1.165) is 16.8 Å². The van der Waals surface area contributed by atoms with Gasteiger partial charge in [0.1, 0.15) is 17.3 Å². The first-order valence-corrected chi connectivity index (χ1v) is 8.94. The van der Waals surface area contributed by atoms with Crippen LogP contribution in [0.2, 0.25) is 0 Å². The number of pyridine rings is 1. The Bertz CT molecular complexity index is 967. The lowest BCUT2D eigenvalue weighted by molar-refractivity contribution is -0.117. The molecule has 1 amide bonds. The van der Waals surface area contributed by atoms with Crippen molar-refractivity contribution >= 4 is 12.0 Å². The average Bonchev–Trinajstić information content (AvgIpc) is 2.69. The van der Waals surface area contributed by atoms with E-state index < -0.39 is 0 Å². The predicted octanol–water partition coefficient (Wildman–Crippen LogP) is 5.21. The second-order valence-corrected chi connectivity index (χ2v) is 6.42. The summed E-state index contributed by atoms with van der Waals surface area (Å²) in [5, 5.41) is 2.91. The topological polar surface area (TPSA) is 51.2 Å². The molecular formula is C23H21FN2O2. The highest BCUT2D eigenvalue weighted by molar-refractivity contribution is 5.91. The van der Waals surface area contributed by atoms with Gasteiger partial charge in [-0.05, 0) is 67.4 Å². The van der Waals surface area contributed by atoms with Gasteiger partial charge >= 0.3 is 0 Å². The minimum absolute atomic E-state index is 0.204. The molecule has 3 aromatic rings. The van der Waals surface area contributed by atoms with E-state index in [-0.39, 0.29) is 17.8 Å². The van der Waals surface area contributed by atoms with Crippen LogP contribution in [0.3, 0.4) is 0 Å². The van der Waals surface area contributed by atoms with Crippen LogP contribution in [0, 0.1) is 12.7 Å². The summed E-state index contributed by atoms with van der Waals surface area (Å²) in [6.07, 6.45) is 4.75. The van der Waals surface area contributed by atoms with Crippen LogP contribution in [0.15, 0.2) is 72.9 Å². The Hall–Kier alpha value is -3.47. The molecule has 2 aromatic carbocycles. The molecule has 0 saturated heterocycles. The maximum Gasteiger partial charge on any atom is 0.244 e. The average molecular weight is 376 g/mol. The van der Waals surface area contributed by atoms with Gasteiger partial charge in [0.05, 0.1) is 12.2 Å². The van der Waals surface area contributed by atoms with Crippen LogP contribution in [0.1, 0.15) is 29.8 Å². The minimum atomic E-state index is -0.307. The van der Waals surface area contributed by atoms with E-state index in [9.17, 15) is 9.18 Å². The van der Waals surface area contributed by atoms with Gasteiger partial charge in [-0.1, -0.05) is 24.3 Å². The maximum atomic E-state index is 12.9. The highest BCUT2D eigenvalue weighted by atomic mass is 19.1. The Morgan fingerprint density at radius 1 is 1.11 bits per heavy atom. The Balaban J connectivity index is 1.62. The zero-order chi connectivity index (χ0) is 19.9. The number of nitrogens with zero attached hydrogens (tertiary/aromatic N) is 1. The molecule has 1 heterocycles. The highest BCUT2D eigenvalue weighted by Gasteiger charge is 2.09. The molecule has 0 radical (unpaired) electrons. The van der Waals surface area contributed by atoms with E-state index >= 15 is 0 Å². The van der Waals surface area contributed by atoms with Gasteiger partial charge < -0.3 is 10.1 Å². The summed E-state index contributed by atoms with van der Waals surface area (Å²) in [6, 6.07) is 17.0. The van der Waals surface area contributed by atoms with Gasteiger partial charge in [0.2, 0.25) is 5.91 Å². The lowest BCUT2D eigenvalue weighted by Gasteiger charge is -2.14. The Labute approximate surface area is 163 Å². The summed E-state index contributed by atoms with van der Waals surface area (Å²) in [5.74, 6) is 0.789. The van der Waals surface area contributed by atoms with Crippen molar-refractivity contribution in [3.63, 3.8) is 0 Å². The van der Waals surface area contributed by atoms with Crippen LogP contribution in [0.5, 0.6) is 11.5 Å². The van der Waals surface area contributed by atoms with Gasteiger partial charge in [0, 0.05) is 11.8 Å². The molecule has 0 unspecified atom stereocenters. The fourth-order valence-corrected chi connectivity index (χ4v) is 2.59. The lowest BCUT2D eigenvalue weighted by Crippen LogP contribution is -2.24. The van der Waals surface area contributed by atoms with Crippen LogP contribution < -0.4 is 10.1 Å². The van der Waals surface area contributed by atoms with E-state index in [0.29, 0.717) is 11.5 Å². The molecule has 3 rings (SSSR count). The normalized spacial score (nSPS) is 12.0. The van der Waals surface area contributed by atoms with E-state index in [1.165, 1.54) is 18.2 Å². The first kappa shape index (κ1) is 19.3. The second-order valence-electron chi connectivity index (χ2n) is 6.42. The van der Waals surface area contributed by atoms with Crippen molar-refractivity contribution in [3.8, 4) is 11.5 Å². The Morgan fingerprint density at radius 2 is 1.89 bits per heavy atom. The fourth-order valence-electron chi connectivity index (χ4n) is 2.59. The summed E-state index contributed by atoms with van der Waals surface area (Å²) in [7, 11) is 0. The summed E-state index contributed by atoms with van der Waals surface area (Å²) in [4.78, 5) is 16.4. The molecule has 142 valence electrons. The van der Waals surface area contributed by atoms with E-state index in [1.807, 2.05) is 50.2 Å². The number of carbonyl (C=O) groups excluding carboxylic acids is 1. The maximum absolute atomic E-state index is 12.9. The molecule has 0 spiro atoms. The van der Waals surface area contributed by atoms with E-state index in [1.54, 1.807) is 24.4 Å². The molecule has 0 fully saturated rings. The van der Waals surface area contributed by atoms with Crippen molar-refractivity contribution in [2.75, 3.05) is 0 Å². The molecule has 0 bridgehead atoms. The number of hydrogen-bond acceptors (Lipinski definition) is 3. The number of benzene rings is 2. The smallest absolute Gasteiger partial charge is 0.244 e. The van der Waals surface area contributed by atoms with Crippen LogP contribution in [0.4, 0.5) is 4.39 Å². The predicted molar refractivity (Wildman–Crippen MR) is 107 cm³/mol. The zero-order valence-corrected chi connectivity index (χ0v) is 15.7. The molecular weight excluding hydrogens is 355 g/mol. The molecule has 28 heavy (non-hydrogen) atoms. The van der Waals surface area contributed by atoms with Crippen LogP contribution in [-0.4, -0.2) is 10.9 Å². The van der Waals surface area contributed by atoms with Crippen molar-refractivity contribution in [1.29, 1.82) is 0 Å². The van der Waals surface area contributed by atoms with Crippen LogP contribution in [0.25, 0.3) is 6.08 Å². The molecule has 0 saturated carbocycles. The van der Waals surface area contributed by atoms with E-state index in [4.69, 9.17) is 4.74 Å². The number of aryl methyl sites for hydroxylation is 1. The molecule has 1 N–H and O–H groups in total. The largest absolute Gasteiger partial charge is 0.456 e. The lowest BCUT2D eigenvalue weighted by atomic mass is 10.1. The van der Waals surface area contributed by atoms with Crippen molar-refractivity contribution < 1.29 is 13.9 Å². The third-order valence-corrected chi connectivity index (χ3v) is 4.13. The second kappa shape index (κ2) is 8.95. The summed E-state index contributed by atoms with van der Waals surface area (Å²) in [5.41, 5.74) is 2.60. The fraction of sp³-hybridized carbons (Fsp3) is 0.130. The van der Waals surface area contributed by atoms with Crippen molar-refractivity contribution in [2.45, 2.75) is 19.9 Å². The van der Waals surface area contributed by atoms with Gasteiger partial charge in [0.25, 0.3) is 0 Å². The van der Waals surface area contributed by atoms with Gasteiger partial charge in [-0.3, -0.25) is 9.78 Å². The molecule has 1 aromatic heterocycles. The third kappa shape index (κ3) is 5.51. The van der Waals surface area contributed by atoms with Crippen LogP contribution in [-0.2, 0) is 4.79 Å². The number of hydrogen-bond donors (Lipinski definition) is 1. The number of aromatic nitrogens is 1. The quantitative estimate of drug-likeness (QED) is 0.601. The number of carbonyl (C=O) groups is 1.